The lowest BCUT2D eigenvalue weighted by molar-refractivity contribution is -0.121. The van der Waals surface area contributed by atoms with Crippen LogP contribution in [-0.4, -0.2) is 67.6 Å². The summed E-state index contributed by atoms with van der Waals surface area (Å²) in [6.45, 7) is 1.97. The van der Waals surface area contributed by atoms with Crippen molar-refractivity contribution in [1.82, 2.24) is 20.7 Å². The number of methoxy groups -OCH3 is 1. The summed E-state index contributed by atoms with van der Waals surface area (Å²) in [5.41, 5.74) is 7.14. The summed E-state index contributed by atoms with van der Waals surface area (Å²) < 4.78 is 32.4. The topological polar surface area (TPSA) is 69.7 Å². The third kappa shape index (κ3) is 3.15. The quantitative estimate of drug-likeness (QED) is 0.818. The van der Waals surface area contributed by atoms with Crippen molar-refractivity contribution in [2.75, 3.05) is 44.7 Å². The van der Waals surface area contributed by atoms with Crippen molar-refractivity contribution in [3.8, 4) is 5.88 Å². The van der Waals surface area contributed by atoms with Crippen molar-refractivity contribution in [1.29, 1.82) is 0 Å². The van der Waals surface area contributed by atoms with Crippen molar-refractivity contribution in [2.45, 2.75) is 30.7 Å². The zero-order valence-corrected chi connectivity index (χ0v) is 14.7. The molecule has 3 saturated heterocycles. The molecule has 4 heterocycles. The van der Waals surface area contributed by atoms with Crippen LogP contribution in [0.2, 0.25) is 0 Å². The summed E-state index contributed by atoms with van der Waals surface area (Å²) >= 11 is 0. The van der Waals surface area contributed by atoms with Gasteiger partial charge in [0.25, 0.3) is 5.92 Å². The lowest BCUT2D eigenvalue weighted by Gasteiger charge is -2.23. The molecule has 142 valence electrons. The first-order chi connectivity index (χ1) is 12.5. The standard InChI is InChI=1S/C17H23F2N5O2/c1-26-15-12(11-8-20-21-9-11)2-3-14(22-15)24-6-4-13(16(24)25)23-7-5-17(18,19)10-23/h2-3,11,13,20-21H,4-10H2,1H3. The van der Waals surface area contributed by atoms with Crippen LogP contribution in [0.3, 0.4) is 0 Å². The average molecular weight is 367 g/mol. The second-order valence-electron chi connectivity index (χ2n) is 7.10. The van der Waals surface area contributed by atoms with E-state index in [2.05, 4.69) is 15.8 Å². The largest absolute Gasteiger partial charge is 0.481 e. The number of nitrogens with one attached hydrogen (secondary N) is 2. The van der Waals surface area contributed by atoms with Crippen LogP contribution < -0.4 is 20.5 Å². The number of hydrazine groups is 1. The lowest BCUT2D eigenvalue weighted by Crippen LogP contribution is -2.41. The molecule has 0 saturated carbocycles. The van der Waals surface area contributed by atoms with E-state index in [9.17, 15) is 13.6 Å². The molecule has 0 aromatic carbocycles. The number of pyridine rings is 1. The molecule has 4 rings (SSSR count). The molecule has 1 atom stereocenters. The number of halogens is 2. The fraction of sp³-hybridized carbons (Fsp3) is 0.647. The van der Waals surface area contributed by atoms with Gasteiger partial charge in [-0.2, -0.15) is 4.98 Å². The molecule has 0 spiro atoms. The van der Waals surface area contributed by atoms with Crippen LogP contribution in [0.1, 0.15) is 24.3 Å². The number of hydrogen-bond acceptors (Lipinski definition) is 6. The van der Waals surface area contributed by atoms with Gasteiger partial charge in [-0.25, -0.2) is 8.78 Å². The lowest BCUT2D eigenvalue weighted by atomic mass is 10.0. The van der Waals surface area contributed by atoms with Gasteiger partial charge in [0.15, 0.2) is 0 Å². The summed E-state index contributed by atoms with van der Waals surface area (Å²) in [5, 5.41) is 0. The van der Waals surface area contributed by atoms with Gasteiger partial charge in [-0.3, -0.25) is 25.4 Å². The number of amides is 1. The number of carbonyl (C=O) groups is 1. The number of anilines is 1. The Labute approximate surface area is 150 Å². The van der Waals surface area contributed by atoms with E-state index in [1.807, 2.05) is 12.1 Å². The molecular formula is C17H23F2N5O2. The highest BCUT2D eigenvalue weighted by Gasteiger charge is 2.46. The first-order valence-electron chi connectivity index (χ1n) is 8.92. The molecule has 1 aromatic heterocycles. The number of ether oxygens (including phenoxy) is 1. The zero-order chi connectivity index (χ0) is 18.3. The zero-order valence-electron chi connectivity index (χ0n) is 14.7. The molecule has 0 bridgehead atoms. The number of aromatic nitrogens is 1. The van der Waals surface area contributed by atoms with Crippen LogP contribution >= 0.6 is 0 Å². The Balaban J connectivity index is 1.52. The number of alkyl halides is 2. The summed E-state index contributed by atoms with van der Waals surface area (Å²) in [7, 11) is 1.56. The fourth-order valence-corrected chi connectivity index (χ4v) is 4.01. The van der Waals surface area contributed by atoms with Crippen LogP contribution in [0.25, 0.3) is 0 Å². The van der Waals surface area contributed by atoms with Gasteiger partial charge in [0, 0.05) is 44.1 Å². The number of likely N-dealkylation sites (tertiary alicyclic amines) is 1. The van der Waals surface area contributed by atoms with Crippen molar-refractivity contribution < 1.29 is 18.3 Å². The average Bonchev–Trinajstić information content (AvgIpc) is 3.34. The summed E-state index contributed by atoms with van der Waals surface area (Å²) in [4.78, 5) is 20.5. The molecule has 3 fully saturated rings. The third-order valence-electron chi connectivity index (χ3n) is 5.42. The summed E-state index contributed by atoms with van der Waals surface area (Å²) in [5.74, 6) is -1.58. The first-order valence-corrected chi connectivity index (χ1v) is 8.92. The summed E-state index contributed by atoms with van der Waals surface area (Å²) in [6, 6.07) is 3.26. The maximum absolute atomic E-state index is 13.5. The van der Waals surface area contributed by atoms with Crippen molar-refractivity contribution in [3.63, 3.8) is 0 Å². The Morgan fingerprint density at radius 3 is 2.69 bits per heavy atom. The second-order valence-corrected chi connectivity index (χ2v) is 7.10. The van der Waals surface area contributed by atoms with Gasteiger partial charge < -0.3 is 4.74 Å². The van der Waals surface area contributed by atoms with E-state index in [1.54, 1.807) is 16.9 Å². The monoisotopic (exact) mass is 367 g/mol. The van der Waals surface area contributed by atoms with Gasteiger partial charge in [-0.1, -0.05) is 0 Å². The molecule has 1 aromatic rings. The smallest absolute Gasteiger partial charge is 0.261 e. The minimum Gasteiger partial charge on any atom is -0.481 e. The van der Waals surface area contributed by atoms with Crippen LogP contribution in [0.5, 0.6) is 5.88 Å². The van der Waals surface area contributed by atoms with E-state index in [0.29, 0.717) is 24.7 Å². The molecule has 3 aliphatic heterocycles. The first kappa shape index (κ1) is 17.6. The SMILES string of the molecule is COc1nc(N2CCC(N3CCC(F)(F)C3)C2=O)ccc1C1CNNC1. The predicted molar refractivity (Wildman–Crippen MR) is 91.4 cm³/mol. The second kappa shape index (κ2) is 6.71. The maximum atomic E-state index is 13.5. The molecule has 1 unspecified atom stereocenters. The fourth-order valence-electron chi connectivity index (χ4n) is 4.01. The number of nitrogens with zero attached hydrogens (tertiary/aromatic N) is 3. The predicted octanol–water partition coefficient (Wildman–Crippen LogP) is 0.728. The Bertz CT molecular complexity index is 696. The van der Waals surface area contributed by atoms with Crippen LogP contribution in [-0.2, 0) is 4.79 Å². The Kier molecular flexibility index (Phi) is 4.54. The molecule has 1 amide bonds. The number of hydrogen-bond donors (Lipinski definition) is 2. The molecule has 3 aliphatic rings. The van der Waals surface area contributed by atoms with Gasteiger partial charge in [0.2, 0.25) is 11.8 Å². The van der Waals surface area contributed by atoms with E-state index < -0.39 is 12.0 Å². The highest BCUT2D eigenvalue weighted by atomic mass is 19.3. The van der Waals surface area contributed by atoms with Gasteiger partial charge in [0.1, 0.15) is 5.82 Å². The Morgan fingerprint density at radius 2 is 2.04 bits per heavy atom. The van der Waals surface area contributed by atoms with Crippen molar-refractivity contribution in [3.05, 3.63) is 17.7 Å². The molecule has 0 aliphatic carbocycles. The van der Waals surface area contributed by atoms with Crippen LogP contribution in [0.4, 0.5) is 14.6 Å². The van der Waals surface area contributed by atoms with E-state index in [0.717, 1.165) is 18.7 Å². The minimum absolute atomic E-state index is 0.158. The highest BCUT2D eigenvalue weighted by Crippen LogP contribution is 2.34. The number of rotatable bonds is 4. The number of carbonyl (C=O) groups excluding carboxylic acids is 1. The van der Waals surface area contributed by atoms with Gasteiger partial charge in [-0.15, -0.1) is 0 Å². The molecule has 0 radical (unpaired) electrons. The third-order valence-corrected chi connectivity index (χ3v) is 5.42. The van der Waals surface area contributed by atoms with Gasteiger partial charge >= 0.3 is 0 Å². The van der Waals surface area contributed by atoms with Gasteiger partial charge in [0.05, 0.1) is 19.7 Å². The van der Waals surface area contributed by atoms with E-state index >= 15 is 0 Å². The van der Waals surface area contributed by atoms with E-state index in [1.165, 1.54) is 0 Å². The molecule has 26 heavy (non-hydrogen) atoms. The van der Waals surface area contributed by atoms with Gasteiger partial charge in [-0.05, 0) is 18.6 Å². The Hall–Kier alpha value is -1.84. The highest BCUT2D eigenvalue weighted by molar-refractivity contribution is 5.98. The van der Waals surface area contributed by atoms with Crippen LogP contribution in [0, 0.1) is 0 Å². The van der Waals surface area contributed by atoms with E-state index in [4.69, 9.17) is 4.74 Å². The van der Waals surface area contributed by atoms with Crippen molar-refractivity contribution in [2.24, 2.45) is 0 Å². The van der Waals surface area contributed by atoms with Crippen LogP contribution in [0.15, 0.2) is 12.1 Å². The minimum atomic E-state index is -2.69. The molecule has 7 nitrogen and oxygen atoms in total. The Morgan fingerprint density at radius 1 is 1.27 bits per heavy atom. The molecule has 2 N–H and O–H groups in total. The molecular weight excluding hydrogens is 344 g/mol. The summed E-state index contributed by atoms with van der Waals surface area (Å²) in [6.07, 6.45) is 0.359. The normalized spacial score (nSPS) is 26.8. The van der Waals surface area contributed by atoms with Crippen molar-refractivity contribution >= 4 is 11.7 Å². The van der Waals surface area contributed by atoms with E-state index in [-0.39, 0.29) is 31.3 Å². The maximum Gasteiger partial charge on any atom is 0.261 e. The molecule has 9 heteroatoms.